The van der Waals surface area contributed by atoms with Gasteiger partial charge in [0.2, 0.25) is 0 Å². The number of hydrogen-bond acceptors (Lipinski definition) is 4. The molecule has 1 unspecified atom stereocenters. The maximum atomic E-state index is 13.3. The number of ether oxygens (including phenoxy) is 1. The molecule has 6 heteroatoms. The van der Waals surface area contributed by atoms with Crippen molar-refractivity contribution in [3.63, 3.8) is 0 Å². The minimum absolute atomic E-state index is 0.114. The van der Waals surface area contributed by atoms with Crippen LogP contribution in [0.3, 0.4) is 0 Å². The fourth-order valence-electron chi connectivity index (χ4n) is 4.48. The van der Waals surface area contributed by atoms with Gasteiger partial charge in [0.15, 0.2) is 5.69 Å². The lowest BCUT2D eigenvalue weighted by Gasteiger charge is -2.34. The summed E-state index contributed by atoms with van der Waals surface area (Å²) in [6.07, 6.45) is 10.9. The second-order valence-corrected chi connectivity index (χ2v) is 10.5. The van der Waals surface area contributed by atoms with Gasteiger partial charge < -0.3 is 10.5 Å². The van der Waals surface area contributed by atoms with Crippen molar-refractivity contribution < 1.29 is 13.2 Å². The fourth-order valence-corrected chi connectivity index (χ4v) is 6.37. The van der Waals surface area contributed by atoms with Crippen LogP contribution >= 0.6 is 0 Å². The maximum Gasteiger partial charge on any atom is 0.306 e. The third-order valence-corrected chi connectivity index (χ3v) is 8.49. The van der Waals surface area contributed by atoms with Crippen molar-refractivity contribution in [2.75, 3.05) is 18.8 Å². The fraction of sp³-hybridized carbons (Fsp3) is 0.360. The van der Waals surface area contributed by atoms with Crippen LogP contribution in [0.15, 0.2) is 66.4 Å². The van der Waals surface area contributed by atoms with E-state index in [1.807, 2.05) is 49.4 Å². The molecule has 2 aliphatic rings. The molecule has 2 aromatic carbocycles. The molecule has 5 nitrogen and oxygen atoms in total. The Hall–Kier alpha value is -2.41. The smallest absolute Gasteiger partial charge is 0.306 e. The number of sulfonamides is 1. The van der Waals surface area contributed by atoms with Gasteiger partial charge in [0.05, 0.1) is 0 Å². The van der Waals surface area contributed by atoms with Crippen LogP contribution in [-0.4, -0.2) is 27.3 Å². The molecule has 31 heavy (non-hydrogen) atoms. The van der Waals surface area contributed by atoms with Gasteiger partial charge in [0, 0.05) is 24.3 Å². The van der Waals surface area contributed by atoms with E-state index in [0.29, 0.717) is 30.9 Å². The van der Waals surface area contributed by atoms with E-state index < -0.39 is 10.0 Å². The Balaban J connectivity index is 1.63. The van der Waals surface area contributed by atoms with Crippen molar-refractivity contribution in [2.45, 2.75) is 39.0 Å². The number of hydrogen-bond donors (Lipinski definition) is 1. The summed E-state index contributed by atoms with van der Waals surface area (Å²) in [6.45, 7) is 2.55. The molecular formula is C25H31N2O3S+. The third-order valence-electron chi connectivity index (χ3n) is 6.11. The number of nitrogens with zero attached hydrogens (tertiary/aromatic N) is 1. The van der Waals surface area contributed by atoms with Crippen molar-refractivity contribution in [3.05, 3.63) is 77.5 Å². The van der Waals surface area contributed by atoms with Crippen molar-refractivity contribution in [2.24, 2.45) is 5.73 Å². The predicted molar refractivity (Wildman–Crippen MR) is 127 cm³/mol. The molecule has 0 saturated heterocycles. The molecular weight excluding hydrogens is 408 g/mol. The second-order valence-electron chi connectivity index (χ2n) is 8.31. The number of rotatable bonds is 7. The van der Waals surface area contributed by atoms with Crippen molar-refractivity contribution in [1.29, 1.82) is 0 Å². The van der Waals surface area contributed by atoms with Gasteiger partial charge in [-0.1, -0.05) is 19.1 Å². The maximum absolute atomic E-state index is 13.3. The van der Waals surface area contributed by atoms with E-state index in [-0.39, 0.29) is 9.64 Å². The van der Waals surface area contributed by atoms with Gasteiger partial charge in [-0.25, -0.2) is 0 Å². The van der Waals surface area contributed by atoms with Gasteiger partial charge >= 0.3 is 10.0 Å². The normalized spacial score (nSPS) is 20.8. The summed E-state index contributed by atoms with van der Waals surface area (Å²) in [5.41, 5.74) is 10.1. The lowest BCUT2D eigenvalue weighted by atomic mass is 9.92. The second kappa shape index (κ2) is 8.99. The van der Waals surface area contributed by atoms with Gasteiger partial charge in [-0.2, -0.15) is 12.3 Å². The number of benzene rings is 2. The van der Waals surface area contributed by atoms with Gasteiger partial charge in [-0.3, -0.25) is 0 Å². The standard InChI is InChI=1S/C25H31N2O3S/c1-2-16-31(28,29)27(15-5-6-20(18-26)19-27)23-10-13-24(14-11-23)30-25-12-9-21-7-3-4-8-22(21)17-25/h5-6,9-14,17,19H,2-4,7-8,15-16,18,26H2,1H3/q+1. The zero-order valence-electron chi connectivity index (χ0n) is 18.1. The molecule has 4 rings (SSSR count). The van der Waals surface area contributed by atoms with Gasteiger partial charge in [-0.15, -0.1) is 0 Å². The first-order valence-electron chi connectivity index (χ1n) is 11.1. The van der Waals surface area contributed by atoms with Crippen LogP contribution in [0.5, 0.6) is 11.5 Å². The average molecular weight is 440 g/mol. The molecule has 0 aromatic heterocycles. The highest BCUT2D eigenvalue weighted by Gasteiger charge is 2.42. The van der Waals surface area contributed by atoms with E-state index in [1.54, 1.807) is 6.20 Å². The van der Waals surface area contributed by atoms with Crippen LogP contribution in [-0.2, 0) is 22.9 Å². The Morgan fingerprint density at radius 1 is 1.00 bits per heavy atom. The average Bonchev–Trinajstić information content (AvgIpc) is 2.79. The highest BCUT2D eigenvalue weighted by atomic mass is 32.2. The summed E-state index contributed by atoms with van der Waals surface area (Å²) in [7, 11) is -3.46. The highest BCUT2D eigenvalue weighted by molar-refractivity contribution is 7.91. The van der Waals surface area contributed by atoms with Crippen LogP contribution in [0.25, 0.3) is 0 Å². The Labute approximate surface area is 185 Å². The molecule has 1 aliphatic heterocycles. The lowest BCUT2D eigenvalue weighted by Crippen LogP contribution is -2.52. The van der Waals surface area contributed by atoms with E-state index >= 15 is 0 Å². The molecule has 1 aliphatic carbocycles. The molecule has 0 amide bonds. The van der Waals surface area contributed by atoms with Crippen LogP contribution in [0.2, 0.25) is 0 Å². The van der Waals surface area contributed by atoms with Crippen LogP contribution in [0.4, 0.5) is 5.69 Å². The summed E-state index contributed by atoms with van der Waals surface area (Å²) < 4.78 is 32.5. The largest absolute Gasteiger partial charge is 0.457 e. The van der Waals surface area contributed by atoms with E-state index in [1.165, 1.54) is 24.0 Å². The first-order valence-corrected chi connectivity index (χ1v) is 12.7. The molecule has 164 valence electrons. The van der Waals surface area contributed by atoms with Crippen molar-refractivity contribution in [3.8, 4) is 11.5 Å². The van der Waals surface area contributed by atoms with E-state index in [2.05, 4.69) is 12.1 Å². The lowest BCUT2D eigenvalue weighted by molar-refractivity contribution is 0.479. The number of aryl methyl sites for hydroxylation is 2. The Bertz CT molecular complexity index is 1100. The topological polar surface area (TPSA) is 69.4 Å². The highest BCUT2D eigenvalue weighted by Crippen LogP contribution is 2.35. The summed E-state index contributed by atoms with van der Waals surface area (Å²) in [6, 6.07) is 13.7. The van der Waals surface area contributed by atoms with Crippen LogP contribution < -0.4 is 14.4 Å². The van der Waals surface area contributed by atoms with Crippen molar-refractivity contribution in [1.82, 2.24) is 3.89 Å². The number of nitrogens with two attached hydrogens (primary N) is 1. The first kappa shape index (κ1) is 21.8. The summed E-state index contributed by atoms with van der Waals surface area (Å²) >= 11 is 0. The molecule has 0 saturated carbocycles. The van der Waals surface area contributed by atoms with Gasteiger partial charge in [0.25, 0.3) is 0 Å². The summed E-state index contributed by atoms with van der Waals surface area (Å²) in [5.74, 6) is 1.63. The van der Waals surface area contributed by atoms with Crippen molar-refractivity contribution >= 4 is 15.7 Å². The molecule has 0 radical (unpaired) electrons. The van der Waals surface area contributed by atoms with E-state index in [9.17, 15) is 8.42 Å². The molecule has 2 N–H and O–H groups in total. The molecule has 0 fully saturated rings. The molecule has 1 heterocycles. The minimum atomic E-state index is -3.46. The Morgan fingerprint density at radius 2 is 1.71 bits per heavy atom. The number of quaternary nitrogens is 1. The summed E-state index contributed by atoms with van der Waals surface area (Å²) in [4.78, 5) is 0. The zero-order valence-corrected chi connectivity index (χ0v) is 18.9. The molecule has 0 bridgehead atoms. The molecule has 0 spiro atoms. The van der Waals surface area contributed by atoms with Gasteiger partial charge in [0.1, 0.15) is 30.0 Å². The van der Waals surface area contributed by atoms with E-state index in [0.717, 1.165) is 24.2 Å². The van der Waals surface area contributed by atoms with E-state index in [4.69, 9.17) is 10.5 Å². The quantitative estimate of drug-likeness (QED) is 0.628. The minimum Gasteiger partial charge on any atom is -0.457 e. The van der Waals surface area contributed by atoms with Gasteiger partial charge in [-0.05, 0) is 73.6 Å². The molecule has 2 aromatic rings. The first-order chi connectivity index (χ1) is 15.0. The van der Waals surface area contributed by atoms with Crippen LogP contribution in [0.1, 0.15) is 37.3 Å². The number of fused-ring (bicyclic) bond motifs is 1. The molecule has 1 atom stereocenters. The summed E-state index contributed by atoms with van der Waals surface area (Å²) in [5, 5.41) is 0. The Kier molecular flexibility index (Phi) is 6.32. The van der Waals surface area contributed by atoms with Crippen LogP contribution in [0, 0.1) is 0 Å². The monoisotopic (exact) mass is 439 g/mol. The Morgan fingerprint density at radius 3 is 2.42 bits per heavy atom. The predicted octanol–water partition coefficient (Wildman–Crippen LogP) is 4.82. The third kappa shape index (κ3) is 4.33. The SMILES string of the molecule is CCCS(=O)(=O)[N+]1(c2ccc(Oc3ccc4c(c3)CCCC4)cc2)C=C(CN)C=CC1. The zero-order chi connectivity index (χ0) is 21.9.